The monoisotopic (exact) mass is 322 g/mol. The number of aromatic nitrogens is 1. The number of ether oxygens (including phenoxy) is 1. The van der Waals surface area contributed by atoms with Crippen LogP contribution in [0.25, 0.3) is 0 Å². The van der Waals surface area contributed by atoms with E-state index in [4.69, 9.17) is 4.74 Å². The Labute approximate surface area is 142 Å². The van der Waals surface area contributed by atoms with E-state index in [1.54, 1.807) is 6.20 Å². The second-order valence-electron chi connectivity index (χ2n) is 6.82. The molecule has 2 aromatic rings. The summed E-state index contributed by atoms with van der Waals surface area (Å²) in [5, 5.41) is 3.22. The molecule has 1 spiro atoms. The normalized spacial score (nSPS) is 20.6. The molecule has 1 atom stereocenters. The maximum atomic E-state index is 12.4. The number of benzene rings is 1. The molecule has 4 nitrogen and oxygen atoms in total. The minimum Gasteiger partial charge on any atom is -0.487 e. The predicted octanol–water partition coefficient (Wildman–Crippen LogP) is 3.58. The lowest BCUT2D eigenvalue weighted by Crippen LogP contribution is -2.49. The van der Waals surface area contributed by atoms with Gasteiger partial charge in [-0.25, -0.2) is 0 Å². The third kappa shape index (κ3) is 3.01. The minimum absolute atomic E-state index is 0.0477. The molecule has 0 saturated heterocycles. The van der Waals surface area contributed by atoms with Gasteiger partial charge in [0.2, 0.25) is 5.91 Å². The number of rotatable bonds is 4. The van der Waals surface area contributed by atoms with Crippen LogP contribution in [0, 0.1) is 0 Å². The fourth-order valence-electron chi connectivity index (χ4n) is 3.68. The van der Waals surface area contributed by atoms with Gasteiger partial charge in [-0.05, 0) is 43.9 Å². The van der Waals surface area contributed by atoms with Crippen molar-refractivity contribution in [2.75, 3.05) is 0 Å². The van der Waals surface area contributed by atoms with E-state index in [9.17, 15) is 4.79 Å². The minimum atomic E-state index is -0.0622. The number of carbonyl (C=O) groups excluding carboxylic acids is 1. The summed E-state index contributed by atoms with van der Waals surface area (Å²) in [5.41, 5.74) is 1.99. The molecule has 124 valence electrons. The number of nitrogens with zero attached hydrogens (tertiary/aromatic N) is 1. The molecule has 1 aromatic carbocycles. The van der Waals surface area contributed by atoms with E-state index in [2.05, 4.69) is 16.4 Å². The van der Waals surface area contributed by atoms with Crippen molar-refractivity contribution in [2.45, 2.75) is 50.2 Å². The number of fused-ring (bicyclic) bond motifs is 1. The number of para-hydroxylation sites is 1. The molecule has 0 bridgehead atoms. The van der Waals surface area contributed by atoms with Crippen molar-refractivity contribution in [1.82, 2.24) is 10.3 Å². The van der Waals surface area contributed by atoms with Gasteiger partial charge >= 0.3 is 0 Å². The molecular formula is C20H22N2O2. The Morgan fingerprint density at radius 2 is 2.04 bits per heavy atom. The lowest BCUT2D eigenvalue weighted by molar-refractivity contribution is -0.123. The fraction of sp³-hybridized carbons (Fsp3) is 0.400. The maximum Gasteiger partial charge on any atom is 0.220 e. The highest BCUT2D eigenvalue weighted by molar-refractivity contribution is 5.77. The summed E-state index contributed by atoms with van der Waals surface area (Å²) in [5.74, 6) is 1.01. The number of amides is 1. The van der Waals surface area contributed by atoms with E-state index in [0.29, 0.717) is 12.8 Å². The van der Waals surface area contributed by atoms with Crippen LogP contribution in [-0.4, -0.2) is 16.5 Å². The molecule has 0 unspecified atom stereocenters. The summed E-state index contributed by atoms with van der Waals surface area (Å²) in [6.07, 6.45) is 7.15. The molecular weight excluding hydrogens is 300 g/mol. The van der Waals surface area contributed by atoms with E-state index in [1.807, 2.05) is 36.4 Å². The van der Waals surface area contributed by atoms with Gasteiger partial charge in [0, 0.05) is 30.3 Å². The zero-order valence-electron chi connectivity index (χ0n) is 13.7. The maximum absolute atomic E-state index is 12.4. The zero-order valence-corrected chi connectivity index (χ0v) is 13.7. The molecule has 1 aliphatic carbocycles. The molecule has 0 radical (unpaired) electrons. The van der Waals surface area contributed by atoms with E-state index in [-0.39, 0.29) is 17.6 Å². The van der Waals surface area contributed by atoms with Crippen LogP contribution < -0.4 is 10.1 Å². The molecule has 4 rings (SSSR count). The van der Waals surface area contributed by atoms with E-state index >= 15 is 0 Å². The number of hydrogen-bond acceptors (Lipinski definition) is 3. The van der Waals surface area contributed by atoms with Crippen molar-refractivity contribution in [2.24, 2.45) is 0 Å². The van der Waals surface area contributed by atoms with Gasteiger partial charge < -0.3 is 10.1 Å². The van der Waals surface area contributed by atoms with Crippen molar-refractivity contribution in [1.29, 1.82) is 0 Å². The second-order valence-corrected chi connectivity index (χ2v) is 6.82. The quantitative estimate of drug-likeness (QED) is 0.936. The molecule has 2 aliphatic rings. The van der Waals surface area contributed by atoms with E-state index in [0.717, 1.165) is 36.3 Å². The number of hydrogen-bond donors (Lipinski definition) is 1. The van der Waals surface area contributed by atoms with Gasteiger partial charge in [0.25, 0.3) is 0 Å². The highest BCUT2D eigenvalue weighted by Crippen LogP contribution is 2.48. The molecule has 1 fully saturated rings. The fourth-order valence-corrected chi connectivity index (χ4v) is 3.68. The van der Waals surface area contributed by atoms with E-state index < -0.39 is 0 Å². The summed E-state index contributed by atoms with van der Waals surface area (Å²) in [7, 11) is 0. The third-order valence-corrected chi connectivity index (χ3v) is 5.13. The van der Waals surface area contributed by atoms with Crippen molar-refractivity contribution >= 4 is 5.91 Å². The summed E-state index contributed by atoms with van der Waals surface area (Å²) < 4.78 is 6.24. The smallest absolute Gasteiger partial charge is 0.220 e. The first-order valence-electron chi connectivity index (χ1n) is 8.71. The van der Waals surface area contributed by atoms with Gasteiger partial charge in [-0.2, -0.15) is 0 Å². The standard InChI is InChI=1S/C20H22N2O2/c23-19(10-9-15-6-3-4-13-21-15)22-17-14-20(11-5-12-20)24-18-8-2-1-7-16(17)18/h1-4,6-8,13,17H,5,9-12,14H2,(H,22,23)/t17-/m1/s1. The Kier molecular flexibility index (Phi) is 3.97. The summed E-state index contributed by atoms with van der Waals surface area (Å²) in [4.78, 5) is 16.7. The van der Waals surface area contributed by atoms with Gasteiger partial charge in [0.15, 0.2) is 0 Å². The number of nitrogens with one attached hydrogen (secondary N) is 1. The van der Waals surface area contributed by atoms with Crippen molar-refractivity contribution in [3.8, 4) is 5.75 Å². The van der Waals surface area contributed by atoms with Crippen LogP contribution in [0.5, 0.6) is 5.75 Å². The Bertz CT molecular complexity index is 725. The summed E-state index contributed by atoms with van der Waals surface area (Å²) >= 11 is 0. The average molecular weight is 322 g/mol. The first kappa shape index (κ1) is 15.2. The topological polar surface area (TPSA) is 51.2 Å². The molecule has 24 heavy (non-hydrogen) atoms. The van der Waals surface area contributed by atoms with Crippen LogP contribution >= 0.6 is 0 Å². The first-order valence-corrected chi connectivity index (χ1v) is 8.71. The first-order chi connectivity index (χ1) is 11.7. The number of carbonyl (C=O) groups is 1. The molecule has 1 amide bonds. The Morgan fingerprint density at radius 1 is 1.21 bits per heavy atom. The van der Waals surface area contributed by atoms with Gasteiger partial charge in [-0.15, -0.1) is 0 Å². The molecule has 2 heterocycles. The number of aryl methyl sites for hydroxylation is 1. The SMILES string of the molecule is O=C(CCc1ccccn1)N[C@@H]1CC2(CCC2)Oc2ccccc21. The zero-order chi connectivity index (χ0) is 16.4. The van der Waals surface area contributed by atoms with Crippen molar-refractivity contribution < 1.29 is 9.53 Å². The van der Waals surface area contributed by atoms with Crippen LogP contribution in [0.4, 0.5) is 0 Å². The van der Waals surface area contributed by atoms with Crippen LogP contribution in [0.1, 0.15) is 49.4 Å². The molecule has 1 aromatic heterocycles. The van der Waals surface area contributed by atoms with Gasteiger partial charge in [-0.3, -0.25) is 9.78 Å². The van der Waals surface area contributed by atoms with Gasteiger partial charge in [0.1, 0.15) is 11.4 Å². The highest BCUT2D eigenvalue weighted by atomic mass is 16.5. The largest absolute Gasteiger partial charge is 0.487 e. The lowest BCUT2D eigenvalue weighted by atomic mass is 9.73. The summed E-state index contributed by atoms with van der Waals surface area (Å²) in [6.45, 7) is 0. The molecule has 4 heteroatoms. The van der Waals surface area contributed by atoms with Crippen molar-refractivity contribution in [3.63, 3.8) is 0 Å². The summed E-state index contributed by atoms with van der Waals surface area (Å²) in [6, 6.07) is 13.9. The second kappa shape index (κ2) is 6.27. The highest BCUT2D eigenvalue weighted by Gasteiger charge is 2.45. The van der Waals surface area contributed by atoms with Crippen LogP contribution in [0.2, 0.25) is 0 Å². The van der Waals surface area contributed by atoms with Crippen molar-refractivity contribution in [3.05, 3.63) is 59.9 Å². The Hall–Kier alpha value is -2.36. The average Bonchev–Trinajstić information content (AvgIpc) is 2.59. The Morgan fingerprint density at radius 3 is 2.79 bits per heavy atom. The van der Waals surface area contributed by atoms with E-state index in [1.165, 1.54) is 6.42 Å². The Balaban J connectivity index is 1.44. The molecule has 1 saturated carbocycles. The van der Waals surface area contributed by atoms with Gasteiger partial charge in [0.05, 0.1) is 6.04 Å². The number of pyridine rings is 1. The predicted molar refractivity (Wildman–Crippen MR) is 91.7 cm³/mol. The molecule has 1 N–H and O–H groups in total. The van der Waals surface area contributed by atoms with Crippen LogP contribution in [0.3, 0.4) is 0 Å². The van der Waals surface area contributed by atoms with Crippen LogP contribution in [0.15, 0.2) is 48.7 Å². The van der Waals surface area contributed by atoms with Gasteiger partial charge in [-0.1, -0.05) is 24.3 Å². The lowest BCUT2D eigenvalue weighted by Gasteiger charge is -2.48. The third-order valence-electron chi connectivity index (χ3n) is 5.13. The molecule has 1 aliphatic heterocycles. The van der Waals surface area contributed by atoms with Crippen LogP contribution in [-0.2, 0) is 11.2 Å².